The monoisotopic (exact) mass is 306 g/mol. The number of aromatic nitrogens is 2. The lowest BCUT2D eigenvalue weighted by Gasteiger charge is -2.15. The molecule has 0 saturated carbocycles. The van der Waals surface area contributed by atoms with Gasteiger partial charge in [0, 0.05) is 19.2 Å². The number of anilines is 2. The van der Waals surface area contributed by atoms with Crippen LogP contribution >= 0.6 is 11.3 Å². The molecule has 0 saturated heterocycles. The lowest BCUT2D eigenvalue weighted by atomic mass is 10.2. The van der Waals surface area contributed by atoms with Gasteiger partial charge in [-0.15, -0.1) is 0 Å². The van der Waals surface area contributed by atoms with E-state index >= 15 is 0 Å². The Morgan fingerprint density at radius 2 is 2.10 bits per heavy atom. The van der Waals surface area contributed by atoms with Gasteiger partial charge in [-0.25, -0.2) is 9.97 Å². The molecule has 2 aromatic rings. The van der Waals surface area contributed by atoms with Gasteiger partial charge in [-0.2, -0.15) is 11.3 Å². The molecule has 0 spiro atoms. The Hall–Kier alpha value is -1.66. The Balaban J connectivity index is 2.14. The van der Waals surface area contributed by atoms with E-state index in [9.17, 15) is 0 Å². The van der Waals surface area contributed by atoms with Crippen LogP contribution in [0.25, 0.3) is 0 Å². The van der Waals surface area contributed by atoms with E-state index < -0.39 is 0 Å². The average Bonchev–Trinajstić information content (AvgIpc) is 2.99. The molecule has 6 heteroatoms. The number of nitrogens with one attached hydrogen (secondary N) is 2. The smallest absolute Gasteiger partial charge is 0.158 e. The van der Waals surface area contributed by atoms with E-state index in [1.165, 1.54) is 5.56 Å². The Kier molecular flexibility index (Phi) is 5.95. The van der Waals surface area contributed by atoms with Crippen molar-refractivity contribution in [1.29, 1.82) is 0 Å². The fourth-order valence-corrected chi connectivity index (χ4v) is 2.68. The van der Waals surface area contributed by atoms with Crippen LogP contribution in [-0.2, 0) is 11.3 Å². The lowest BCUT2D eigenvalue weighted by Crippen LogP contribution is -2.11. The molecule has 0 radical (unpaired) electrons. The SMILES string of the molecule is CCNc1cc(NC(C)c2ccsc2)nc(COCC)n1. The number of nitrogens with zero attached hydrogens (tertiary/aromatic N) is 2. The minimum Gasteiger partial charge on any atom is -0.374 e. The first-order chi connectivity index (χ1) is 10.2. The maximum absolute atomic E-state index is 5.41. The van der Waals surface area contributed by atoms with Crippen molar-refractivity contribution in [2.75, 3.05) is 23.8 Å². The van der Waals surface area contributed by atoms with Crippen molar-refractivity contribution in [1.82, 2.24) is 9.97 Å². The maximum Gasteiger partial charge on any atom is 0.158 e. The summed E-state index contributed by atoms with van der Waals surface area (Å²) in [5.41, 5.74) is 1.26. The van der Waals surface area contributed by atoms with Gasteiger partial charge in [0.2, 0.25) is 0 Å². The summed E-state index contributed by atoms with van der Waals surface area (Å²) in [6, 6.07) is 4.26. The summed E-state index contributed by atoms with van der Waals surface area (Å²) >= 11 is 1.70. The topological polar surface area (TPSA) is 59.1 Å². The Bertz CT molecular complexity index is 545. The van der Waals surface area contributed by atoms with E-state index in [2.05, 4.69) is 44.4 Å². The fraction of sp³-hybridized carbons (Fsp3) is 0.467. The molecule has 0 aliphatic heterocycles. The highest BCUT2D eigenvalue weighted by Gasteiger charge is 2.09. The zero-order valence-electron chi connectivity index (χ0n) is 12.7. The van der Waals surface area contributed by atoms with Crippen molar-refractivity contribution in [2.45, 2.75) is 33.4 Å². The molecule has 0 amide bonds. The molecule has 21 heavy (non-hydrogen) atoms. The minimum atomic E-state index is 0.209. The molecule has 5 nitrogen and oxygen atoms in total. The molecule has 0 aliphatic rings. The number of hydrogen-bond acceptors (Lipinski definition) is 6. The third kappa shape index (κ3) is 4.68. The van der Waals surface area contributed by atoms with Gasteiger partial charge in [-0.3, -0.25) is 0 Å². The molecule has 0 bridgehead atoms. The summed E-state index contributed by atoms with van der Waals surface area (Å²) in [6.45, 7) is 8.04. The highest BCUT2D eigenvalue weighted by molar-refractivity contribution is 7.07. The van der Waals surface area contributed by atoms with Crippen LogP contribution in [0.2, 0.25) is 0 Å². The highest BCUT2D eigenvalue weighted by atomic mass is 32.1. The summed E-state index contributed by atoms with van der Waals surface area (Å²) in [4.78, 5) is 8.96. The van der Waals surface area contributed by atoms with Gasteiger partial charge in [0.05, 0.1) is 6.04 Å². The summed E-state index contributed by atoms with van der Waals surface area (Å²) in [5.74, 6) is 2.33. The fourth-order valence-electron chi connectivity index (χ4n) is 1.93. The van der Waals surface area contributed by atoms with Crippen LogP contribution < -0.4 is 10.6 Å². The number of rotatable bonds is 8. The van der Waals surface area contributed by atoms with E-state index in [1.807, 2.05) is 19.9 Å². The van der Waals surface area contributed by atoms with Crippen molar-refractivity contribution in [2.24, 2.45) is 0 Å². The molecule has 0 aliphatic carbocycles. The van der Waals surface area contributed by atoms with Gasteiger partial charge in [-0.05, 0) is 43.2 Å². The molecule has 2 N–H and O–H groups in total. The average molecular weight is 306 g/mol. The summed E-state index contributed by atoms with van der Waals surface area (Å²) < 4.78 is 5.41. The number of ether oxygens (including phenoxy) is 1. The second kappa shape index (κ2) is 7.95. The molecule has 0 fully saturated rings. The first-order valence-electron chi connectivity index (χ1n) is 7.21. The Labute approximate surface area is 129 Å². The molecular weight excluding hydrogens is 284 g/mol. The third-order valence-corrected chi connectivity index (χ3v) is 3.67. The van der Waals surface area contributed by atoms with Crippen molar-refractivity contribution in [3.8, 4) is 0 Å². The second-order valence-corrected chi connectivity index (χ2v) is 5.42. The quantitative estimate of drug-likeness (QED) is 0.779. The van der Waals surface area contributed by atoms with Gasteiger partial charge in [0.1, 0.15) is 18.2 Å². The van der Waals surface area contributed by atoms with E-state index in [4.69, 9.17) is 4.74 Å². The van der Waals surface area contributed by atoms with Crippen LogP contribution in [0.3, 0.4) is 0 Å². The molecule has 2 rings (SSSR count). The molecule has 2 aromatic heterocycles. The number of hydrogen-bond donors (Lipinski definition) is 2. The largest absolute Gasteiger partial charge is 0.374 e. The van der Waals surface area contributed by atoms with Gasteiger partial charge >= 0.3 is 0 Å². The van der Waals surface area contributed by atoms with E-state index in [-0.39, 0.29) is 6.04 Å². The predicted octanol–water partition coefficient (Wildman–Crippen LogP) is 3.68. The lowest BCUT2D eigenvalue weighted by molar-refractivity contribution is 0.128. The summed E-state index contributed by atoms with van der Waals surface area (Å²) in [7, 11) is 0. The highest BCUT2D eigenvalue weighted by Crippen LogP contribution is 2.21. The van der Waals surface area contributed by atoms with Crippen LogP contribution in [0.4, 0.5) is 11.6 Å². The molecule has 114 valence electrons. The molecule has 1 unspecified atom stereocenters. The summed E-state index contributed by atoms with van der Waals surface area (Å²) in [5, 5.41) is 10.9. The van der Waals surface area contributed by atoms with Gasteiger partial charge in [0.25, 0.3) is 0 Å². The first kappa shape index (κ1) is 15.7. The van der Waals surface area contributed by atoms with Gasteiger partial charge in [0.15, 0.2) is 5.82 Å². The Morgan fingerprint density at radius 1 is 1.29 bits per heavy atom. The zero-order valence-corrected chi connectivity index (χ0v) is 13.5. The van der Waals surface area contributed by atoms with E-state index in [0.29, 0.717) is 19.0 Å². The molecule has 0 aromatic carbocycles. The first-order valence-corrected chi connectivity index (χ1v) is 8.15. The van der Waals surface area contributed by atoms with E-state index in [0.717, 1.165) is 18.2 Å². The Morgan fingerprint density at radius 3 is 2.76 bits per heavy atom. The maximum atomic E-state index is 5.41. The molecule has 2 heterocycles. The van der Waals surface area contributed by atoms with Crippen LogP contribution in [0.1, 0.15) is 38.2 Å². The van der Waals surface area contributed by atoms with Crippen molar-refractivity contribution in [3.05, 3.63) is 34.3 Å². The van der Waals surface area contributed by atoms with Crippen molar-refractivity contribution < 1.29 is 4.74 Å². The second-order valence-electron chi connectivity index (χ2n) is 4.64. The number of thiophene rings is 1. The standard InChI is InChI=1S/C15H22N4OS/c1-4-16-13-8-14(19-15(18-13)9-20-5-2)17-11(3)12-6-7-21-10-12/h6-8,10-11H,4-5,9H2,1-3H3,(H2,16,17,18,19). The normalized spacial score (nSPS) is 12.1. The minimum absolute atomic E-state index is 0.209. The van der Waals surface area contributed by atoms with Crippen LogP contribution in [0.15, 0.2) is 22.9 Å². The molecular formula is C15H22N4OS. The van der Waals surface area contributed by atoms with Crippen LogP contribution in [0.5, 0.6) is 0 Å². The van der Waals surface area contributed by atoms with Crippen molar-refractivity contribution in [3.63, 3.8) is 0 Å². The zero-order chi connectivity index (χ0) is 15.1. The van der Waals surface area contributed by atoms with Crippen LogP contribution in [0, 0.1) is 0 Å². The molecule has 1 atom stereocenters. The van der Waals surface area contributed by atoms with E-state index in [1.54, 1.807) is 11.3 Å². The van der Waals surface area contributed by atoms with Gasteiger partial charge in [-0.1, -0.05) is 0 Å². The van der Waals surface area contributed by atoms with Crippen LogP contribution in [-0.4, -0.2) is 23.1 Å². The van der Waals surface area contributed by atoms with Crippen molar-refractivity contribution >= 4 is 23.0 Å². The summed E-state index contributed by atoms with van der Waals surface area (Å²) in [6.07, 6.45) is 0. The van der Waals surface area contributed by atoms with Gasteiger partial charge < -0.3 is 15.4 Å². The predicted molar refractivity (Wildman–Crippen MR) is 87.9 cm³/mol. The third-order valence-electron chi connectivity index (χ3n) is 2.97.